The van der Waals surface area contributed by atoms with Crippen molar-refractivity contribution >= 4 is 23.1 Å². The summed E-state index contributed by atoms with van der Waals surface area (Å²) in [4.78, 5) is 16.7. The van der Waals surface area contributed by atoms with E-state index in [4.69, 9.17) is 5.73 Å². The molecule has 4 nitrogen and oxygen atoms in total. The van der Waals surface area contributed by atoms with Crippen LogP contribution in [0.1, 0.15) is 15.4 Å². The summed E-state index contributed by atoms with van der Waals surface area (Å²) < 4.78 is 0. The lowest BCUT2D eigenvalue weighted by Crippen LogP contribution is -2.11. The molecular formula is C13H11N3OS. The zero-order valence-corrected chi connectivity index (χ0v) is 10.3. The van der Waals surface area contributed by atoms with E-state index in [-0.39, 0.29) is 12.5 Å². The first kappa shape index (κ1) is 12.3. The maximum Gasteiger partial charge on any atom is 0.266 e. The zero-order chi connectivity index (χ0) is 12.8. The Kier molecular flexibility index (Phi) is 4.07. The highest BCUT2D eigenvalue weighted by molar-refractivity contribution is 7.12. The van der Waals surface area contributed by atoms with Crippen LogP contribution in [0.4, 0.5) is 5.82 Å². The molecular weight excluding hydrogens is 246 g/mol. The van der Waals surface area contributed by atoms with Crippen LogP contribution in [0.3, 0.4) is 0 Å². The van der Waals surface area contributed by atoms with Crippen LogP contribution in [0.25, 0.3) is 0 Å². The topological polar surface area (TPSA) is 68.0 Å². The van der Waals surface area contributed by atoms with Gasteiger partial charge in [0.15, 0.2) is 0 Å². The number of rotatable bonds is 2. The first-order chi connectivity index (χ1) is 8.79. The van der Waals surface area contributed by atoms with Gasteiger partial charge in [-0.3, -0.25) is 4.79 Å². The molecule has 0 saturated carbocycles. The van der Waals surface area contributed by atoms with Crippen LogP contribution in [0, 0.1) is 11.8 Å². The van der Waals surface area contributed by atoms with E-state index >= 15 is 0 Å². The van der Waals surface area contributed by atoms with E-state index in [1.165, 1.54) is 11.3 Å². The van der Waals surface area contributed by atoms with Crippen LogP contribution in [-0.4, -0.2) is 17.4 Å². The predicted molar refractivity (Wildman–Crippen MR) is 72.4 cm³/mol. The molecule has 0 radical (unpaired) electrons. The van der Waals surface area contributed by atoms with Gasteiger partial charge in [0.25, 0.3) is 5.91 Å². The monoisotopic (exact) mass is 257 g/mol. The average molecular weight is 257 g/mol. The summed E-state index contributed by atoms with van der Waals surface area (Å²) in [5, 5.41) is 4.58. The summed E-state index contributed by atoms with van der Waals surface area (Å²) in [5.74, 6) is 5.85. The predicted octanol–water partition coefficient (Wildman–Crippen LogP) is 1.71. The van der Waals surface area contributed by atoms with Crippen molar-refractivity contribution in [3.05, 3.63) is 46.3 Å². The van der Waals surface area contributed by atoms with Gasteiger partial charge in [-0.2, -0.15) is 0 Å². The largest absolute Gasteiger partial charge is 0.320 e. The maximum atomic E-state index is 11.8. The highest BCUT2D eigenvalue weighted by Gasteiger charge is 2.07. The molecule has 0 aromatic carbocycles. The normalized spacial score (nSPS) is 9.39. The molecule has 90 valence electrons. The Balaban J connectivity index is 2.12. The average Bonchev–Trinajstić information content (AvgIpc) is 2.91. The lowest BCUT2D eigenvalue weighted by molar-refractivity contribution is 0.103. The van der Waals surface area contributed by atoms with Gasteiger partial charge in [-0.25, -0.2) is 4.98 Å². The van der Waals surface area contributed by atoms with Gasteiger partial charge < -0.3 is 11.1 Å². The molecule has 0 spiro atoms. The number of nitrogens with one attached hydrogen (secondary N) is 1. The van der Waals surface area contributed by atoms with Crippen LogP contribution in [0.15, 0.2) is 35.7 Å². The summed E-state index contributed by atoms with van der Waals surface area (Å²) in [6.45, 7) is 0.285. The smallest absolute Gasteiger partial charge is 0.266 e. The lowest BCUT2D eigenvalue weighted by Gasteiger charge is -2.02. The van der Waals surface area contributed by atoms with Crippen molar-refractivity contribution < 1.29 is 4.79 Å². The van der Waals surface area contributed by atoms with Gasteiger partial charge in [0.1, 0.15) is 11.5 Å². The number of thiophene rings is 1. The van der Waals surface area contributed by atoms with Crippen LogP contribution >= 0.6 is 11.3 Å². The van der Waals surface area contributed by atoms with Crippen LogP contribution in [-0.2, 0) is 0 Å². The number of pyridine rings is 1. The van der Waals surface area contributed by atoms with Crippen molar-refractivity contribution in [2.75, 3.05) is 11.9 Å². The fraction of sp³-hybridized carbons (Fsp3) is 0.0769. The molecule has 2 rings (SSSR count). The number of amides is 1. The van der Waals surface area contributed by atoms with Crippen molar-refractivity contribution in [2.45, 2.75) is 0 Å². The Morgan fingerprint density at radius 1 is 1.39 bits per heavy atom. The summed E-state index contributed by atoms with van der Waals surface area (Å²) in [5.41, 5.74) is 5.88. The van der Waals surface area contributed by atoms with Crippen LogP contribution in [0.2, 0.25) is 0 Å². The number of anilines is 1. The first-order valence-corrected chi connectivity index (χ1v) is 6.18. The third kappa shape index (κ3) is 3.17. The molecule has 18 heavy (non-hydrogen) atoms. The van der Waals surface area contributed by atoms with Gasteiger partial charge >= 0.3 is 0 Å². The minimum atomic E-state index is -0.165. The number of nitrogens with two attached hydrogens (primary N) is 1. The Bertz CT molecular complexity index is 596. The van der Waals surface area contributed by atoms with Crippen LogP contribution < -0.4 is 11.1 Å². The lowest BCUT2D eigenvalue weighted by atomic mass is 10.3. The van der Waals surface area contributed by atoms with E-state index in [0.29, 0.717) is 16.4 Å². The number of nitrogens with zero attached hydrogens (tertiary/aromatic N) is 1. The summed E-state index contributed by atoms with van der Waals surface area (Å²) >= 11 is 1.38. The van der Waals surface area contributed by atoms with Crippen LogP contribution in [0.5, 0.6) is 0 Å². The number of hydrogen-bond donors (Lipinski definition) is 2. The highest BCUT2D eigenvalue weighted by atomic mass is 32.1. The molecule has 0 aliphatic heterocycles. The van der Waals surface area contributed by atoms with Crippen molar-refractivity contribution in [1.82, 2.24) is 4.98 Å². The SMILES string of the molecule is NCC#Cc1cccc(NC(=O)c2cccs2)n1. The van der Waals surface area contributed by atoms with E-state index in [1.54, 1.807) is 24.3 Å². The van der Waals surface area contributed by atoms with E-state index in [0.717, 1.165) is 0 Å². The van der Waals surface area contributed by atoms with E-state index in [2.05, 4.69) is 22.1 Å². The van der Waals surface area contributed by atoms with Gasteiger partial charge in [-0.05, 0) is 29.5 Å². The standard InChI is InChI=1S/C13H11N3OS/c14-8-2-5-10-4-1-7-12(15-10)16-13(17)11-6-3-9-18-11/h1,3-4,6-7,9H,8,14H2,(H,15,16,17). The fourth-order valence-corrected chi connectivity index (χ4v) is 1.92. The second-order valence-electron chi connectivity index (χ2n) is 3.35. The quantitative estimate of drug-likeness (QED) is 0.805. The van der Waals surface area contributed by atoms with E-state index < -0.39 is 0 Å². The molecule has 2 aromatic heterocycles. The Hall–Kier alpha value is -2.16. The maximum absolute atomic E-state index is 11.8. The number of hydrogen-bond acceptors (Lipinski definition) is 4. The van der Waals surface area contributed by atoms with Crippen molar-refractivity contribution in [2.24, 2.45) is 5.73 Å². The minimum absolute atomic E-state index is 0.165. The van der Waals surface area contributed by atoms with Crippen molar-refractivity contribution in [3.8, 4) is 11.8 Å². The molecule has 5 heteroatoms. The second kappa shape index (κ2) is 5.96. The molecule has 0 unspecified atom stereocenters. The van der Waals surface area contributed by atoms with Gasteiger partial charge in [-0.1, -0.05) is 18.1 Å². The van der Waals surface area contributed by atoms with E-state index in [1.807, 2.05) is 11.4 Å². The minimum Gasteiger partial charge on any atom is -0.320 e. The number of aromatic nitrogens is 1. The molecule has 2 heterocycles. The fourth-order valence-electron chi connectivity index (χ4n) is 1.30. The third-order valence-electron chi connectivity index (χ3n) is 2.05. The Morgan fingerprint density at radius 3 is 3.00 bits per heavy atom. The Labute approximate surface area is 109 Å². The van der Waals surface area contributed by atoms with Crippen molar-refractivity contribution in [1.29, 1.82) is 0 Å². The highest BCUT2D eigenvalue weighted by Crippen LogP contribution is 2.11. The molecule has 0 saturated heterocycles. The molecule has 1 amide bonds. The molecule has 0 fully saturated rings. The van der Waals surface area contributed by atoms with E-state index in [9.17, 15) is 4.79 Å². The molecule has 3 N–H and O–H groups in total. The first-order valence-electron chi connectivity index (χ1n) is 5.30. The summed E-state index contributed by atoms with van der Waals surface area (Å²) in [7, 11) is 0. The summed E-state index contributed by atoms with van der Waals surface area (Å²) in [6.07, 6.45) is 0. The Morgan fingerprint density at radius 2 is 2.28 bits per heavy atom. The van der Waals surface area contributed by atoms with Crippen molar-refractivity contribution in [3.63, 3.8) is 0 Å². The molecule has 0 bridgehead atoms. The summed E-state index contributed by atoms with van der Waals surface area (Å²) in [6, 6.07) is 8.87. The third-order valence-corrected chi connectivity index (χ3v) is 2.92. The number of carbonyl (C=O) groups excluding carboxylic acids is 1. The zero-order valence-electron chi connectivity index (χ0n) is 9.51. The van der Waals surface area contributed by atoms with Gasteiger partial charge in [0.2, 0.25) is 0 Å². The molecule has 0 atom stereocenters. The van der Waals surface area contributed by atoms with Gasteiger partial charge in [0.05, 0.1) is 11.4 Å². The molecule has 2 aromatic rings. The molecule has 0 aliphatic carbocycles. The number of carbonyl (C=O) groups is 1. The van der Waals surface area contributed by atoms with Gasteiger partial charge in [-0.15, -0.1) is 11.3 Å². The second-order valence-corrected chi connectivity index (χ2v) is 4.29. The molecule has 0 aliphatic rings. The van der Waals surface area contributed by atoms with Gasteiger partial charge in [0, 0.05) is 0 Å².